The standard InChI is InChI=1S/C51H40F6N2O10/c52-50(53,54)68-41-26-17-36(18-27-41)46(62)66-39-22-12-32(13-23-39)11-21-38(60)31-48(44(58)34-7-3-1-4-8-34,45(59)35-9-5-2-6-10-35)49(64,65)43(61)30-16-33-14-24-40(25-15-33)67-47(63)37-19-28-42(29-20-37)69-51(55,56)57/h1-30,44-45,64-65H,31,58-59H2. The number of hydrogen-bond donors (Lipinski definition) is 4. The molecule has 0 aromatic heterocycles. The zero-order chi connectivity index (χ0) is 50.0. The number of ketones is 2. The molecule has 0 radical (unpaired) electrons. The first-order chi connectivity index (χ1) is 32.6. The number of ether oxygens (including phenoxy) is 4. The molecule has 0 bridgehead atoms. The van der Waals surface area contributed by atoms with Crippen LogP contribution in [0.4, 0.5) is 26.3 Å². The molecule has 12 nitrogen and oxygen atoms in total. The Morgan fingerprint density at radius 3 is 1.20 bits per heavy atom. The molecule has 2 atom stereocenters. The molecule has 6 aromatic rings. The van der Waals surface area contributed by atoms with E-state index in [1.165, 1.54) is 60.7 Å². The van der Waals surface area contributed by atoms with Crippen LogP contribution in [0.2, 0.25) is 0 Å². The Labute approximate surface area is 389 Å². The van der Waals surface area contributed by atoms with E-state index in [1.807, 2.05) is 0 Å². The van der Waals surface area contributed by atoms with Gasteiger partial charge in [0.05, 0.1) is 16.5 Å². The number of esters is 2. The van der Waals surface area contributed by atoms with Crippen molar-refractivity contribution in [3.63, 3.8) is 0 Å². The second kappa shape index (κ2) is 21.4. The van der Waals surface area contributed by atoms with Gasteiger partial charge in [-0.15, -0.1) is 26.3 Å². The topological polar surface area (TPSA) is 198 Å². The monoisotopic (exact) mass is 954 g/mol. The van der Waals surface area contributed by atoms with Crippen molar-refractivity contribution in [3.8, 4) is 23.0 Å². The molecule has 0 spiro atoms. The number of rotatable bonds is 18. The molecule has 6 aromatic carbocycles. The fourth-order valence-corrected chi connectivity index (χ4v) is 7.15. The molecular weight excluding hydrogens is 915 g/mol. The largest absolute Gasteiger partial charge is 0.573 e. The van der Waals surface area contributed by atoms with Crippen LogP contribution in [0.3, 0.4) is 0 Å². The summed E-state index contributed by atoms with van der Waals surface area (Å²) in [5.41, 5.74) is 12.6. The van der Waals surface area contributed by atoms with E-state index in [0.29, 0.717) is 22.3 Å². The second-order valence-electron chi connectivity index (χ2n) is 15.2. The first kappa shape index (κ1) is 50.5. The van der Waals surface area contributed by atoms with Crippen LogP contribution in [-0.4, -0.2) is 52.2 Å². The molecule has 69 heavy (non-hydrogen) atoms. The Kier molecular flexibility index (Phi) is 15.6. The number of carbonyl (C=O) groups excluding carboxylic acids is 4. The quantitative estimate of drug-likeness (QED) is 0.0210. The van der Waals surface area contributed by atoms with Crippen LogP contribution >= 0.6 is 0 Å². The van der Waals surface area contributed by atoms with Crippen LogP contribution in [0.25, 0.3) is 12.2 Å². The lowest BCUT2D eigenvalue weighted by Crippen LogP contribution is -2.63. The van der Waals surface area contributed by atoms with Crippen molar-refractivity contribution in [3.05, 3.63) is 203 Å². The highest BCUT2D eigenvalue weighted by molar-refractivity contribution is 6.01. The van der Waals surface area contributed by atoms with Crippen molar-refractivity contribution in [1.29, 1.82) is 0 Å². The maximum atomic E-state index is 14.2. The Hall–Kier alpha value is -7.90. The van der Waals surface area contributed by atoms with Crippen molar-refractivity contribution >= 4 is 35.7 Å². The number of aliphatic hydroxyl groups is 2. The van der Waals surface area contributed by atoms with Gasteiger partial charge in [0, 0.05) is 18.5 Å². The fourth-order valence-electron chi connectivity index (χ4n) is 7.15. The zero-order valence-electron chi connectivity index (χ0n) is 35.8. The molecule has 0 saturated carbocycles. The smallest absolute Gasteiger partial charge is 0.423 e. The molecule has 0 aliphatic carbocycles. The Bertz CT molecular complexity index is 2740. The minimum atomic E-state index is -4.92. The van der Waals surface area contributed by atoms with Gasteiger partial charge < -0.3 is 40.6 Å². The van der Waals surface area contributed by atoms with Crippen molar-refractivity contribution in [1.82, 2.24) is 0 Å². The molecule has 0 aliphatic rings. The van der Waals surface area contributed by atoms with Crippen LogP contribution in [-0.2, 0) is 9.59 Å². The normalized spacial score (nSPS) is 13.8. The summed E-state index contributed by atoms with van der Waals surface area (Å²) < 4.78 is 93.4. The molecule has 0 saturated heterocycles. The van der Waals surface area contributed by atoms with Crippen LogP contribution in [0, 0.1) is 5.41 Å². The van der Waals surface area contributed by atoms with E-state index in [4.69, 9.17) is 20.9 Å². The summed E-state index contributed by atoms with van der Waals surface area (Å²) in [4.78, 5) is 53.6. The molecule has 18 heteroatoms. The van der Waals surface area contributed by atoms with Crippen LogP contribution < -0.4 is 30.4 Å². The van der Waals surface area contributed by atoms with E-state index in [0.717, 1.165) is 60.7 Å². The first-order valence-electron chi connectivity index (χ1n) is 20.5. The Balaban J connectivity index is 1.22. The number of nitrogens with two attached hydrogens (primary N) is 2. The lowest BCUT2D eigenvalue weighted by atomic mass is 9.60. The van der Waals surface area contributed by atoms with E-state index in [-0.39, 0.29) is 22.6 Å². The summed E-state index contributed by atoms with van der Waals surface area (Å²) in [6.07, 6.45) is -6.04. The maximum Gasteiger partial charge on any atom is 0.573 e. The Morgan fingerprint density at radius 2 is 0.841 bits per heavy atom. The SMILES string of the molecule is NC(c1ccccc1)C(CC(=O)C=Cc1ccc(OC(=O)c2ccc(OC(F)(F)F)cc2)cc1)(C(N)c1ccccc1)C(O)(O)C(=O)C=Cc1ccc(OC(=O)c2ccc(OC(F)(F)F)cc2)cc1. The van der Waals surface area contributed by atoms with Gasteiger partial charge in [-0.25, -0.2) is 9.59 Å². The molecule has 0 aliphatic heterocycles. The van der Waals surface area contributed by atoms with Gasteiger partial charge in [0.2, 0.25) is 11.6 Å². The molecule has 0 amide bonds. The molecule has 356 valence electrons. The van der Waals surface area contributed by atoms with Crippen LogP contribution in [0.5, 0.6) is 23.0 Å². The third-order valence-corrected chi connectivity index (χ3v) is 10.6. The summed E-state index contributed by atoms with van der Waals surface area (Å²) in [6.45, 7) is 0. The lowest BCUT2D eigenvalue weighted by Gasteiger charge is -2.49. The number of halogens is 6. The number of carbonyl (C=O) groups is 4. The van der Waals surface area contributed by atoms with Gasteiger partial charge in [-0.1, -0.05) is 97.1 Å². The van der Waals surface area contributed by atoms with E-state index < -0.39 is 77.4 Å². The van der Waals surface area contributed by atoms with E-state index in [2.05, 4.69) is 9.47 Å². The Morgan fingerprint density at radius 1 is 0.493 bits per heavy atom. The number of allylic oxidation sites excluding steroid dienone is 1. The molecular formula is C51H40F6N2O10. The van der Waals surface area contributed by atoms with Crippen LogP contribution in [0.1, 0.15) is 61.5 Å². The third kappa shape index (κ3) is 13.2. The van der Waals surface area contributed by atoms with E-state index in [9.17, 15) is 55.7 Å². The second-order valence-corrected chi connectivity index (χ2v) is 15.2. The lowest BCUT2D eigenvalue weighted by molar-refractivity contribution is -0.275. The summed E-state index contributed by atoms with van der Waals surface area (Å²) in [7, 11) is 0. The fraction of sp³-hybridized carbons (Fsp3) is 0.137. The number of alkyl halides is 6. The van der Waals surface area contributed by atoms with E-state index >= 15 is 0 Å². The van der Waals surface area contributed by atoms with Crippen LogP contribution in [0.15, 0.2) is 170 Å². The van der Waals surface area contributed by atoms with Crippen molar-refractivity contribution < 1.29 is 74.7 Å². The van der Waals surface area contributed by atoms with Gasteiger partial charge in [-0.05, 0) is 107 Å². The summed E-state index contributed by atoms with van der Waals surface area (Å²) >= 11 is 0. The third-order valence-electron chi connectivity index (χ3n) is 10.6. The number of benzene rings is 6. The average Bonchev–Trinajstić information content (AvgIpc) is 3.32. The summed E-state index contributed by atoms with van der Waals surface area (Å²) in [5.74, 6) is -8.24. The van der Waals surface area contributed by atoms with Gasteiger partial charge in [0.15, 0.2) is 5.78 Å². The molecule has 0 fully saturated rings. The van der Waals surface area contributed by atoms with Gasteiger partial charge in [-0.3, -0.25) is 9.59 Å². The van der Waals surface area contributed by atoms with Gasteiger partial charge in [-0.2, -0.15) is 0 Å². The maximum absolute atomic E-state index is 14.2. The molecule has 2 unspecified atom stereocenters. The van der Waals surface area contributed by atoms with E-state index in [1.54, 1.807) is 60.7 Å². The molecule has 6 N–H and O–H groups in total. The van der Waals surface area contributed by atoms with Crippen molar-refractivity contribution in [2.75, 3.05) is 0 Å². The zero-order valence-corrected chi connectivity index (χ0v) is 35.8. The van der Waals surface area contributed by atoms with Gasteiger partial charge in [0.25, 0.3) is 0 Å². The van der Waals surface area contributed by atoms with Gasteiger partial charge >= 0.3 is 24.7 Å². The first-order valence-corrected chi connectivity index (χ1v) is 20.5. The number of hydrogen-bond acceptors (Lipinski definition) is 12. The predicted octanol–water partition coefficient (Wildman–Crippen LogP) is 9.24. The summed E-state index contributed by atoms with van der Waals surface area (Å²) in [5, 5.41) is 24.5. The predicted molar refractivity (Wildman–Crippen MR) is 238 cm³/mol. The highest BCUT2D eigenvalue weighted by Crippen LogP contribution is 2.52. The highest BCUT2D eigenvalue weighted by atomic mass is 19.4. The van der Waals surface area contributed by atoms with Crippen molar-refractivity contribution in [2.24, 2.45) is 16.9 Å². The minimum Gasteiger partial charge on any atom is -0.423 e. The minimum absolute atomic E-state index is 0.0241. The summed E-state index contributed by atoms with van der Waals surface area (Å²) in [6, 6.07) is 32.7. The van der Waals surface area contributed by atoms with Gasteiger partial charge in [0.1, 0.15) is 23.0 Å². The molecule has 6 rings (SSSR count). The molecule has 0 heterocycles. The van der Waals surface area contributed by atoms with Crippen molar-refractivity contribution in [2.45, 2.75) is 37.0 Å². The highest BCUT2D eigenvalue weighted by Gasteiger charge is 2.62. The average molecular weight is 955 g/mol.